The van der Waals surface area contributed by atoms with Crippen molar-refractivity contribution in [2.24, 2.45) is 0 Å². The topological polar surface area (TPSA) is 109 Å². The predicted molar refractivity (Wildman–Crippen MR) is 115 cm³/mol. The van der Waals surface area contributed by atoms with Crippen LogP contribution in [0.1, 0.15) is 26.3 Å². The summed E-state index contributed by atoms with van der Waals surface area (Å²) in [7, 11) is 0. The number of nitrogens with zero attached hydrogens (tertiary/aromatic N) is 3. The average Bonchev–Trinajstić information content (AvgIpc) is 3.32. The fourth-order valence-electron chi connectivity index (χ4n) is 3.07. The largest absolute Gasteiger partial charge is 0.507 e. The number of halogens is 2. The Kier molecular flexibility index (Phi) is 6.07. The Labute approximate surface area is 186 Å². The van der Waals surface area contributed by atoms with Crippen molar-refractivity contribution in [3.63, 3.8) is 0 Å². The van der Waals surface area contributed by atoms with Gasteiger partial charge in [-0.05, 0) is 48.0 Å². The first-order valence-corrected chi connectivity index (χ1v) is 9.72. The zero-order valence-electron chi connectivity index (χ0n) is 17.0. The molecule has 10 heteroatoms. The molecular formula is C23H17F2N5O3. The van der Waals surface area contributed by atoms with E-state index in [1.54, 1.807) is 41.5 Å². The number of phenols is 1. The highest BCUT2D eigenvalue weighted by Gasteiger charge is 2.14. The summed E-state index contributed by atoms with van der Waals surface area (Å²) >= 11 is 0. The second-order valence-corrected chi connectivity index (χ2v) is 7.00. The number of nitrogens with one attached hydrogen (secondary N) is 2. The summed E-state index contributed by atoms with van der Waals surface area (Å²) in [6.45, 7) is 0.179. The van der Waals surface area contributed by atoms with Crippen LogP contribution >= 0.6 is 0 Å². The first-order valence-electron chi connectivity index (χ1n) is 9.72. The lowest BCUT2D eigenvalue weighted by molar-refractivity contribution is 0.0947. The molecule has 0 aliphatic carbocycles. The number of hydrogen-bond donors (Lipinski definition) is 3. The number of aromatic nitrogens is 3. The zero-order chi connectivity index (χ0) is 23.4. The monoisotopic (exact) mass is 449 g/mol. The van der Waals surface area contributed by atoms with Crippen LogP contribution in [0.3, 0.4) is 0 Å². The number of anilines is 1. The van der Waals surface area contributed by atoms with E-state index in [2.05, 4.69) is 20.7 Å². The van der Waals surface area contributed by atoms with Gasteiger partial charge in [0.25, 0.3) is 11.8 Å². The van der Waals surface area contributed by atoms with Gasteiger partial charge in [0.2, 0.25) is 0 Å². The highest BCUT2D eigenvalue weighted by Crippen LogP contribution is 2.23. The van der Waals surface area contributed by atoms with E-state index in [4.69, 9.17) is 0 Å². The number of benzene rings is 2. The summed E-state index contributed by atoms with van der Waals surface area (Å²) in [6.07, 6.45) is 4.97. The maximum Gasteiger partial charge on any atom is 0.255 e. The summed E-state index contributed by atoms with van der Waals surface area (Å²) in [5.41, 5.74) is 0.693. The van der Waals surface area contributed by atoms with Crippen molar-refractivity contribution in [3.05, 3.63) is 102 Å². The van der Waals surface area contributed by atoms with Gasteiger partial charge >= 0.3 is 0 Å². The van der Waals surface area contributed by atoms with Crippen molar-refractivity contribution in [3.8, 4) is 11.6 Å². The van der Waals surface area contributed by atoms with Crippen molar-refractivity contribution >= 4 is 17.5 Å². The summed E-state index contributed by atoms with van der Waals surface area (Å²) in [5.74, 6) is -2.86. The molecule has 33 heavy (non-hydrogen) atoms. The standard InChI is InChI=1S/C23H17F2N5O3/c24-16-9-15(10-17(25)11-16)22(32)29-18-2-3-19(20(31)12-18)23(33)27-13-14-4-6-26-21(8-14)30-7-1-5-28-30/h1-12,31H,13H2,(H,27,33)(H,29,32). The van der Waals surface area contributed by atoms with Gasteiger partial charge in [-0.3, -0.25) is 9.59 Å². The van der Waals surface area contributed by atoms with Gasteiger partial charge in [-0.2, -0.15) is 5.10 Å². The SMILES string of the molecule is O=C(Nc1ccc(C(=O)NCc2ccnc(-n3cccn3)c2)c(O)c1)c1cc(F)cc(F)c1. The predicted octanol–water partition coefficient (Wildman–Crippen LogP) is 3.43. The van der Waals surface area contributed by atoms with Crippen molar-refractivity contribution in [1.82, 2.24) is 20.1 Å². The zero-order valence-corrected chi connectivity index (χ0v) is 17.0. The quantitative estimate of drug-likeness (QED) is 0.418. The summed E-state index contributed by atoms with van der Waals surface area (Å²) < 4.78 is 28.2. The highest BCUT2D eigenvalue weighted by molar-refractivity contribution is 6.05. The molecule has 2 heterocycles. The Morgan fingerprint density at radius 1 is 0.970 bits per heavy atom. The van der Waals surface area contributed by atoms with E-state index in [1.807, 2.05) is 0 Å². The lowest BCUT2D eigenvalue weighted by Crippen LogP contribution is -2.23. The minimum Gasteiger partial charge on any atom is -0.507 e. The molecule has 2 aromatic heterocycles. The summed E-state index contributed by atoms with van der Waals surface area (Å²) in [5, 5.41) is 19.5. The van der Waals surface area contributed by atoms with Gasteiger partial charge in [-0.25, -0.2) is 18.4 Å². The molecular weight excluding hydrogens is 432 g/mol. The van der Waals surface area contributed by atoms with E-state index in [0.29, 0.717) is 11.9 Å². The number of carbonyl (C=O) groups is 2. The van der Waals surface area contributed by atoms with E-state index in [1.165, 1.54) is 18.2 Å². The maximum atomic E-state index is 13.3. The van der Waals surface area contributed by atoms with Crippen LogP contribution in [0.15, 0.2) is 73.2 Å². The van der Waals surface area contributed by atoms with Gasteiger partial charge in [0, 0.05) is 48.5 Å². The average molecular weight is 449 g/mol. The van der Waals surface area contributed by atoms with Crippen LogP contribution in [0.2, 0.25) is 0 Å². The van der Waals surface area contributed by atoms with E-state index < -0.39 is 23.4 Å². The number of aromatic hydroxyl groups is 1. The number of pyridine rings is 1. The van der Waals surface area contributed by atoms with Gasteiger partial charge in [0.15, 0.2) is 5.82 Å². The van der Waals surface area contributed by atoms with Gasteiger partial charge in [0.1, 0.15) is 17.4 Å². The molecule has 8 nitrogen and oxygen atoms in total. The number of phenolic OH excluding ortho intramolecular Hbond substituents is 1. The molecule has 4 aromatic rings. The van der Waals surface area contributed by atoms with Crippen molar-refractivity contribution in [2.75, 3.05) is 5.32 Å². The fourth-order valence-corrected chi connectivity index (χ4v) is 3.07. The molecule has 0 aliphatic rings. The lowest BCUT2D eigenvalue weighted by atomic mass is 10.1. The lowest BCUT2D eigenvalue weighted by Gasteiger charge is -2.10. The van der Waals surface area contributed by atoms with Crippen LogP contribution in [-0.4, -0.2) is 31.7 Å². The molecule has 0 saturated heterocycles. The Bertz CT molecular complexity index is 1310. The molecule has 2 amide bonds. The van der Waals surface area contributed by atoms with Crippen LogP contribution in [0.25, 0.3) is 5.82 Å². The van der Waals surface area contributed by atoms with Crippen LogP contribution in [0, 0.1) is 11.6 Å². The van der Waals surface area contributed by atoms with Crippen molar-refractivity contribution in [2.45, 2.75) is 6.54 Å². The van der Waals surface area contributed by atoms with Crippen molar-refractivity contribution < 1.29 is 23.5 Å². The third kappa shape index (κ3) is 5.18. The Morgan fingerprint density at radius 2 is 1.76 bits per heavy atom. The minimum absolute atomic E-state index is 0.00819. The third-order valence-electron chi connectivity index (χ3n) is 4.63. The van der Waals surface area contributed by atoms with Crippen LogP contribution < -0.4 is 10.6 Å². The molecule has 0 fully saturated rings. The number of carbonyl (C=O) groups excluding carboxylic acids is 2. The molecule has 4 rings (SSSR count). The Morgan fingerprint density at radius 3 is 2.45 bits per heavy atom. The van der Waals surface area contributed by atoms with Gasteiger partial charge < -0.3 is 15.7 Å². The van der Waals surface area contributed by atoms with Gasteiger partial charge in [-0.15, -0.1) is 0 Å². The second kappa shape index (κ2) is 9.27. The van der Waals surface area contributed by atoms with E-state index in [0.717, 1.165) is 17.7 Å². The minimum atomic E-state index is -0.888. The summed E-state index contributed by atoms with van der Waals surface area (Å²) in [6, 6.07) is 11.6. The first-order chi connectivity index (χ1) is 15.9. The number of rotatable bonds is 6. The molecule has 0 unspecified atom stereocenters. The van der Waals surface area contributed by atoms with Crippen LogP contribution in [0.4, 0.5) is 14.5 Å². The molecule has 0 atom stereocenters. The third-order valence-corrected chi connectivity index (χ3v) is 4.63. The normalized spacial score (nSPS) is 10.6. The molecule has 0 spiro atoms. The molecule has 0 saturated carbocycles. The van der Waals surface area contributed by atoms with Crippen LogP contribution in [0.5, 0.6) is 5.75 Å². The Hall–Kier alpha value is -4.60. The first kappa shape index (κ1) is 21.6. The van der Waals surface area contributed by atoms with E-state index in [-0.39, 0.29) is 29.1 Å². The van der Waals surface area contributed by atoms with Crippen molar-refractivity contribution in [1.29, 1.82) is 0 Å². The maximum absolute atomic E-state index is 13.3. The fraction of sp³-hybridized carbons (Fsp3) is 0.0435. The summed E-state index contributed by atoms with van der Waals surface area (Å²) in [4.78, 5) is 28.9. The molecule has 0 aliphatic heterocycles. The van der Waals surface area contributed by atoms with E-state index in [9.17, 15) is 23.5 Å². The molecule has 0 radical (unpaired) electrons. The highest BCUT2D eigenvalue weighted by atomic mass is 19.1. The molecule has 0 bridgehead atoms. The van der Waals surface area contributed by atoms with Gasteiger partial charge in [0.05, 0.1) is 5.56 Å². The smallest absolute Gasteiger partial charge is 0.255 e. The van der Waals surface area contributed by atoms with Gasteiger partial charge in [-0.1, -0.05) is 0 Å². The van der Waals surface area contributed by atoms with E-state index >= 15 is 0 Å². The molecule has 2 aromatic carbocycles. The van der Waals surface area contributed by atoms with Crippen LogP contribution in [-0.2, 0) is 6.54 Å². The number of hydrogen-bond acceptors (Lipinski definition) is 5. The molecule has 166 valence electrons. The second-order valence-electron chi connectivity index (χ2n) is 7.00. The molecule has 3 N–H and O–H groups in total. The Balaban J connectivity index is 1.41. The number of amides is 2.